The van der Waals surface area contributed by atoms with Gasteiger partial charge in [-0.1, -0.05) is 0 Å². The second-order valence-electron chi connectivity index (χ2n) is 2.96. The molecule has 0 fully saturated rings. The fraction of sp³-hybridized carbons (Fsp3) is 0.556. The molecule has 6 heteroatoms. The number of thiophene rings is 1. The molecule has 0 spiro atoms. The van der Waals surface area contributed by atoms with Crippen molar-refractivity contribution in [2.24, 2.45) is 0 Å². The zero-order valence-electron chi connectivity index (χ0n) is 8.82. The lowest BCUT2D eigenvalue weighted by atomic mass is 10.5. The van der Waals surface area contributed by atoms with Gasteiger partial charge in [-0.05, 0) is 26.0 Å². The number of hydrogen-bond donors (Lipinski definition) is 1. The van der Waals surface area contributed by atoms with Crippen molar-refractivity contribution in [1.82, 2.24) is 4.72 Å². The van der Waals surface area contributed by atoms with Gasteiger partial charge in [0.1, 0.15) is 4.21 Å². The van der Waals surface area contributed by atoms with Crippen molar-refractivity contribution in [2.45, 2.75) is 18.1 Å². The quantitative estimate of drug-likeness (QED) is 0.775. The van der Waals surface area contributed by atoms with Gasteiger partial charge in [-0.25, -0.2) is 13.1 Å². The highest BCUT2D eigenvalue weighted by atomic mass is 32.2. The summed E-state index contributed by atoms with van der Waals surface area (Å²) in [5.74, 6) is 0. The Kier molecular flexibility index (Phi) is 4.72. The molecule has 0 radical (unpaired) electrons. The normalized spacial score (nSPS) is 11.9. The van der Waals surface area contributed by atoms with Crippen LogP contribution in [0.2, 0.25) is 0 Å². The van der Waals surface area contributed by atoms with Crippen LogP contribution in [-0.4, -0.2) is 28.2 Å². The van der Waals surface area contributed by atoms with Crippen molar-refractivity contribution in [1.29, 1.82) is 0 Å². The van der Waals surface area contributed by atoms with Gasteiger partial charge in [0.25, 0.3) is 0 Å². The largest absolute Gasteiger partial charge is 0.380 e. The zero-order valence-corrected chi connectivity index (χ0v) is 10.5. The van der Waals surface area contributed by atoms with Crippen LogP contribution in [0.25, 0.3) is 0 Å². The van der Waals surface area contributed by atoms with E-state index in [0.717, 1.165) is 4.88 Å². The minimum absolute atomic E-state index is 0.313. The molecule has 1 heterocycles. The Balaban J connectivity index is 2.53. The van der Waals surface area contributed by atoms with E-state index in [-0.39, 0.29) is 0 Å². The van der Waals surface area contributed by atoms with E-state index < -0.39 is 10.0 Å². The zero-order chi connectivity index (χ0) is 11.3. The first-order chi connectivity index (χ1) is 7.06. The van der Waals surface area contributed by atoms with Crippen LogP contribution in [0.3, 0.4) is 0 Å². The molecule has 4 nitrogen and oxygen atoms in total. The number of nitrogens with one attached hydrogen (secondary N) is 1. The SMILES string of the molecule is CCOCCNS(=O)(=O)c1ccc(C)s1. The molecule has 86 valence electrons. The molecule has 0 aliphatic heterocycles. The fourth-order valence-corrected chi connectivity index (χ4v) is 3.36. The molecule has 1 aromatic heterocycles. The summed E-state index contributed by atoms with van der Waals surface area (Å²) in [4.78, 5) is 0.986. The number of rotatable bonds is 6. The molecule has 1 N–H and O–H groups in total. The van der Waals surface area contributed by atoms with Gasteiger partial charge in [-0.3, -0.25) is 0 Å². The van der Waals surface area contributed by atoms with Crippen molar-refractivity contribution < 1.29 is 13.2 Å². The lowest BCUT2D eigenvalue weighted by Crippen LogP contribution is -2.26. The van der Waals surface area contributed by atoms with Crippen LogP contribution in [0.5, 0.6) is 0 Å². The third kappa shape index (κ3) is 3.90. The number of hydrogen-bond acceptors (Lipinski definition) is 4. The first-order valence-corrected chi connectivity index (χ1v) is 7.00. The summed E-state index contributed by atoms with van der Waals surface area (Å²) in [5.41, 5.74) is 0. The van der Waals surface area contributed by atoms with E-state index >= 15 is 0 Å². The van der Waals surface area contributed by atoms with Gasteiger partial charge < -0.3 is 4.74 Å². The minimum atomic E-state index is -3.33. The Hall–Kier alpha value is -0.430. The highest BCUT2D eigenvalue weighted by Gasteiger charge is 2.14. The number of ether oxygens (including phenoxy) is 1. The predicted molar refractivity (Wildman–Crippen MR) is 60.7 cm³/mol. The summed E-state index contributed by atoms with van der Waals surface area (Å²) >= 11 is 1.27. The maximum absolute atomic E-state index is 11.7. The molecule has 0 atom stereocenters. The average molecular weight is 249 g/mol. The topological polar surface area (TPSA) is 55.4 Å². The fourth-order valence-electron chi connectivity index (χ4n) is 1.02. The average Bonchev–Trinajstić information content (AvgIpc) is 2.60. The molecule has 0 aliphatic carbocycles. The van der Waals surface area contributed by atoms with E-state index in [1.807, 2.05) is 13.8 Å². The van der Waals surface area contributed by atoms with E-state index in [4.69, 9.17) is 4.74 Å². The third-order valence-corrected chi connectivity index (χ3v) is 4.68. The van der Waals surface area contributed by atoms with E-state index in [1.54, 1.807) is 12.1 Å². The van der Waals surface area contributed by atoms with Gasteiger partial charge in [-0.2, -0.15) is 0 Å². The molecule has 1 aromatic rings. The molecule has 0 bridgehead atoms. The van der Waals surface area contributed by atoms with Gasteiger partial charge in [-0.15, -0.1) is 11.3 Å². The molecule has 0 aliphatic rings. The van der Waals surface area contributed by atoms with Crippen molar-refractivity contribution in [3.05, 3.63) is 17.0 Å². The maximum Gasteiger partial charge on any atom is 0.250 e. The summed E-state index contributed by atoms with van der Waals surface area (Å²) in [6.07, 6.45) is 0. The van der Waals surface area contributed by atoms with Gasteiger partial charge in [0.2, 0.25) is 10.0 Å². The smallest absolute Gasteiger partial charge is 0.250 e. The number of sulfonamides is 1. The van der Waals surface area contributed by atoms with Crippen molar-refractivity contribution >= 4 is 21.4 Å². The van der Waals surface area contributed by atoms with Crippen LogP contribution in [0.1, 0.15) is 11.8 Å². The molecule has 0 amide bonds. The highest BCUT2D eigenvalue weighted by molar-refractivity contribution is 7.91. The van der Waals surface area contributed by atoms with E-state index in [1.165, 1.54) is 11.3 Å². The minimum Gasteiger partial charge on any atom is -0.380 e. The van der Waals surface area contributed by atoms with Crippen LogP contribution in [0.15, 0.2) is 16.3 Å². The van der Waals surface area contributed by atoms with E-state index in [9.17, 15) is 8.42 Å². The van der Waals surface area contributed by atoms with E-state index in [0.29, 0.717) is 24.0 Å². The van der Waals surface area contributed by atoms with Crippen LogP contribution in [-0.2, 0) is 14.8 Å². The molecule has 1 rings (SSSR count). The monoisotopic (exact) mass is 249 g/mol. The van der Waals surface area contributed by atoms with Crippen LogP contribution in [0, 0.1) is 6.92 Å². The molecule has 15 heavy (non-hydrogen) atoms. The van der Waals surface area contributed by atoms with Crippen LogP contribution >= 0.6 is 11.3 Å². The van der Waals surface area contributed by atoms with Gasteiger partial charge in [0, 0.05) is 18.0 Å². The number of aryl methyl sites for hydroxylation is 1. The predicted octanol–water partition coefficient (Wildman–Crippen LogP) is 1.37. The standard InChI is InChI=1S/C9H15NO3S2/c1-3-13-7-6-10-15(11,12)9-5-4-8(2)14-9/h4-5,10H,3,6-7H2,1-2H3. The molecule has 0 unspecified atom stereocenters. The lowest BCUT2D eigenvalue weighted by Gasteiger charge is -2.04. The first-order valence-electron chi connectivity index (χ1n) is 4.70. The Morgan fingerprint density at radius 2 is 2.20 bits per heavy atom. The Morgan fingerprint density at radius 3 is 2.73 bits per heavy atom. The molecular formula is C9H15NO3S2. The second kappa shape index (κ2) is 5.60. The highest BCUT2D eigenvalue weighted by Crippen LogP contribution is 2.19. The molecule has 0 aromatic carbocycles. The Labute approximate surface area is 94.3 Å². The van der Waals surface area contributed by atoms with E-state index in [2.05, 4.69) is 4.72 Å². The van der Waals surface area contributed by atoms with Gasteiger partial charge in [0.15, 0.2) is 0 Å². The summed E-state index contributed by atoms with van der Waals surface area (Å²) < 4.78 is 31.2. The molecule has 0 saturated heterocycles. The Morgan fingerprint density at radius 1 is 1.47 bits per heavy atom. The lowest BCUT2D eigenvalue weighted by molar-refractivity contribution is 0.153. The molecular weight excluding hydrogens is 234 g/mol. The van der Waals surface area contributed by atoms with Crippen molar-refractivity contribution in [3.8, 4) is 0 Å². The third-order valence-electron chi connectivity index (χ3n) is 1.72. The summed E-state index contributed by atoms with van der Waals surface area (Å²) in [7, 11) is -3.33. The first kappa shape index (κ1) is 12.6. The summed E-state index contributed by atoms with van der Waals surface area (Å²) in [6, 6.07) is 3.41. The summed E-state index contributed by atoms with van der Waals surface area (Å²) in [5, 5.41) is 0. The maximum atomic E-state index is 11.7. The van der Waals surface area contributed by atoms with Gasteiger partial charge >= 0.3 is 0 Å². The summed E-state index contributed by atoms with van der Waals surface area (Å²) in [6.45, 7) is 5.06. The van der Waals surface area contributed by atoms with Crippen molar-refractivity contribution in [3.63, 3.8) is 0 Å². The van der Waals surface area contributed by atoms with Crippen LogP contribution in [0.4, 0.5) is 0 Å². The van der Waals surface area contributed by atoms with Crippen LogP contribution < -0.4 is 4.72 Å². The van der Waals surface area contributed by atoms with Gasteiger partial charge in [0.05, 0.1) is 6.61 Å². The molecule has 0 saturated carbocycles. The second-order valence-corrected chi connectivity index (χ2v) is 6.24. The Bertz CT molecular complexity index is 397. The van der Waals surface area contributed by atoms with Crippen molar-refractivity contribution in [2.75, 3.05) is 19.8 Å².